The molecule has 0 saturated carbocycles. The average molecular weight is 315 g/mol. The predicted octanol–water partition coefficient (Wildman–Crippen LogP) is 0.877. The highest BCUT2D eigenvalue weighted by atomic mass is 16.4. The summed E-state index contributed by atoms with van der Waals surface area (Å²) in [6, 6.07) is 5.62. The van der Waals surface area contributed by atoms with Crippen molar-refractivity contribution in [3.05, 3.63) is 68.9 Å². The smallest absolute Gasteiger partial charge is 0.335 e. The van der Waals surface area contributed by atoms with E-state index in [0.717, 1.165) is 10.8 Å². The van der Waals surface area contributed by atoms with Crippen molar-refractivity contribution >= 4 is 17.9 Å². The largest absolute Gasteiger partial charge is 0.494 e. The summed E-state index contributed by atoms with van der Waals surface area (Å²) in [5.74, 6) is -1.59. The summed E-state index contributed by atoms with van der Waals surface area (Å²) >= 11 is 0. The second-order valence-electron chi connectivity index (χ2n) is 4.51. The monoisotopic (exact) mass is 315 g/mol. The van der Waals surface area contributed by atoms with Crippen LogP contribution in [0.5, 0.6) is 5.88 Å². The first-order valence-electron chi connectivity index (χ1n) is 6.48. The van der Waals surface area contributed by atoms with Crippen LogP contribution in [-0.4, -0.2) is 31.9 Å². The van der Waals surface area contributed by atoms with Gasteiger partial charge in [-0.15, -0.1) is 6.58 Å². The lowest BCUT2D eigenvalue weighted by Crippen LogP contribution is -2.31. The number of carboxylic acids is 1. The van der Waals surface area contributed by atoms with E-state index >= 15 is 0 Å². The number of nitrogens with one attached hydrogen (secondary N) is 1. The zero-order chi connectivity index (χ0) is 17.0. The summed E-state index contributed by atoms with van der Waals surface area (Å²) in [6.45, 7) is 3.49. The van der Waals surface area contributed by atoms with Gasteiger partial charge in [0, 0.05) is 12.8 Å². The van der Waals surface area contributed by atoms with Gasteiger partial charge in [-0.25, -0.2) is 9.59 Å². The molecule has 0 fully saturated rings. The number of carboxylic acid groups (broad SMARTS) is 1. The molecule has 0 amide bonds. The number of aromatic hydroxyl groups is 1. The highest BCUT2D eigenvalue weighted by molar-refractivity contribution is 5.88. The summed E-state index contributed by atoms with van der Waals surface area (Å²) in [5.41, 5.74) is -1.23. The van der Waals surface area contributed by atoms with Gasteiger partial charge in [-0.3, -0.25) is 19.3 Å². The Morgan fingerprint density at radius 1 is 1.30 bits per heavy atom. The Balaban J connectivity index is 2.41. The minimum Gasteiger partial charge on any atom is -0.494 e. The maximum Gasteiger partial charge on any atom is 0.335 e. The molecule has 0 radical (unpaired) electrons. The zero-order valence-corrected chi connectivity index (χ0v) is 11.9. The molecule has 0 bridgehead atoms. The van der Waals surface area contributed by atoms with Crippen LogP contribution < -0.4 is 11.2 Å². The summed E-state index contributed by atoms with van der Waals surface area (Å²) in [5, 5.41) is 18.8. The van der Waals surface area contributed by atoms with E-state index in [1.807, 2.05) is 0 Å². The summed E-state index contributed by atoms with van der Waals surface area (Å²) in [4.78, 5) is 40.1. The van der Waals surface area contributed by atoms with Gasteiger partial charge in [-0.2, -0.15) is 0 Å². The minimum absolute atomic E-state index is 0.0234. The van der Waals surface area contributed by atoms with Crippen LogP contribution in [0.2, 0.25) is 0 Å². The Bertz CT molecular complexity index is 891. The van der Waals surface area contributed by atoms with E-state index in [2.05, 4.69) is 16.6 Å². The molecule has 0 aliphatic rings. The lowest BCUT2D eigenvalue weighted by atomic mass is 10.2. The number of aliphatic imine (C=N–C) groups is 1. The number of hydrogen-bond donors (Lipinski definition) is 3. The standard InChI is InChI=1S/C15H13N3O5/c1-2-7-18-13(20)11(12(19)17-15(18)23)8-16-10-5-3-9(4-6-10)14(21)22/h2-6,8,20H,1,7H2,(H,21,22)(H,17,19,23). The highest BCUT2D eigenvalue weighted by Crippen LogP contribution is 2.14. The Hall–Kier alpha value is -3.42. The van der Waals surface area contributed by atoms with Crippen LogP contribution in [0, 0.1) is 0 Å². The first-order valence-corrected chi connectivity index (χ1v) is 6.48. The molecule has 0 saturated heterocycles. The number of hydrogen-bond acceptors (Lipinski definition) is 5. The third-order valence-electron chi connectivity index (χ3n) is 2.98. The lowest BCUT2D eigenvalue weighted by molar-refractivity contribution is 0.0697. The van der Waals surface area contributed by atoms with Crippen molar-refractivity contribution in [3.63, 3.8) is 0 Å². The van der Waals surface area contributed by atoms with Gasteiger partial charge in [0.05, 0.1) is 11.3 Å². The fraction of sp³-hybridized carbons (Fsp3) is 0.0667. The number of carbonyl (C=O) groups is 1. The SMILES string of the molecule is C=CCn1c(O)c(C=Nc2ccc(C(=O)O)cc2)c(=O)[nH]c1=O. The zero-order valence-electron chi connectivity index (χ0n) is 11.9. The summed E-state index contributed by atoms with van der Waals surface area (Å²) in [6.07, 6.45) is 2.49. The molecule has 8 nitrogen and oxygen atoms in total. The quantitative estimate of drug-likeness (QED) is 0.558. The molecule has 0 aliphatic carbocycles. The van der Waals surface area contributed by atoms with E-state index in [4.69, 9.17) is 5.11 Å². The second-order valence-corrected chi connectivity index (χ2v) is 4.51. The van der Waals surface area contributed by atoms with Gasteiger partial charge in [0.2, 0.25) is 5.88 Å². The maximum atomic E-state index is 11.8. The number of aromatic nitrogens is 2. The first-order chi connectivity index (χ1) is 10.9. The Morgan fingerprint density at radius 2 is 1.96 bits per heavy atom. The number of aromatic carboxylic acids is 1. The molecule has 23 heavy (non-hydrogen) atoms. The fourth-order valence-electron chi connectivity index (χ4n) is 1.82. The van der Waals surface area contributed by atoms with Crippen molar-refractivity contribution < 1.29 is 15.0 Å². The van der Waals surface area contributed by atoms with Gasteiger partial charge >= 0.3 is 11.7 Å². The number of nitrogens with zero attached hydrogens (tertiary/aromatic N) is 2. The van der Waals surface area contributed by atoms with Gasteiger partial charge in [-0.05, 0) is 24.3 Å². The van der Waals surface area contributed by atoms with Crippen LogP contribution in [0.3, 0.4) is 0 Å². The van der Waals surface area contributed by atoms with E-state index in [0.29, 0.717) is 5.69 Å². The van der Waals surface area contributed by atoms with Crippen LogP contribution in [0.15, 0.2) is 51.5 Å². The van der Waals surface area contributed by atoms with E-state index in [1.54, 1.807) is 0 Å². The number of rotatable bonds is 5. The third-order valence-corrected chi connectivity index (χ3v) is 2.98. The normalized spacial score (nSPS) is 10.8. The summed E-state index contributed by atoms with van der Waals surface area (Å²) < 4.78 is 0.934. The Kier molecular flexibility index (Phi) is 4.55. The third kappa shape index (κ3) is 3.43. The van der Waals surface area contributed by atoms with E-state index in [-0.39, 0.29) is 17.7 Å². The molecule has 2 aromatic rings. The molecule has 1 aromatic heterocycles. The predicted molar refractivity (Wildman–Crippen MR) is 83.8 cm³/mol. The highest BCUT2D eigenvalue weighted by Gasteiger charge is 2.11. The van der Waals surface area contributed by atoms with Crippen molar-refractivity contribution in [1.29, 1.82) is 0 Å². The van der Waals surface area contributed by atoms with Gasteiger partial charge < -0.3 is 10.2 Å². The summed E-state index contributed by atoms with van der Waals surface area (Å²) in [7, 11) is 0. The van der Waals surface area contributed by atoms with Gasteiger partial charge in [0.15, 0.2) is 0 Å². The van der Waals surface area contributed by atoms with Crippen LogP contribution in [0.25, 0.3) is 0 Å². The second kappa shape index (κ2) is 6.56. The molecule has 0 atom stereocenters. The molecule has 1 heterocycles. The number of aromatic amines is 1. The molecule has 2 rings (SSSR count). The van der Waals surface area contributed by atoms with Gasteiger partial charge in [-0.1, -0.05) is 6.08 Å². The number of H-pyrrole nitrogens is 1. The molecule has 3 N–H and O–H groups in total. The minimum atomic E-state index is -1.06. The van der Waals surface area contributed by atoms with Crippen molar-refractivity contribution in [2.45, 2.75) is 6.54 Å². The van der Waals surface area contributed by atoms with Crippen molar-refractivity contribution in [2.24, 2.45) is 4.99 Å². The molecular formula is C15H13N3O5. The van der Waals surface area contributed by atoms with E-state index in [9.17, 15) is 19.5 Å². The molecule has 0 aliphatic heterocycles. The van der Waals surface area contributed by atoms with Crippen LogP contribution in [0.1, 0.15) is 15.9 Å². The molecule has 1 aromatic carbocycles. The van der Waals surface area contributed by atoms with Crippen LogP contribution in [-0.2, 0) is 6.54 Å². The van der Waals surface area contributed by atoms with Crippen LogP contribution >= 0.6 is 0 Å². The van der Waals surface area contributed by atoms with Crippen molar-refractivity contribution in [3.8, 4) is 5.88 Å². The van der Waals surface area contributed by atoms with Gasteiger partial charge in [0.1, 0.15) is 5.56 Å². The lowest BCUT2D eigenvalue weighted by Gasteiger charge is -2.06. The van der Waals surface area contributed by atoms with Crippen molar-refractivity contribution in [2.75, 3.05) is 0 Å². The molecule has 0 unspecified atom stereocenters. The van der Waals surface area contributed by atoms with E-state index < -0.39 is 23.1 Å². The van der Waals surface area contributed by atoms with Crippen LogP contribution in [0.4, 0.5) is 5.69 Å². The first kappa shape index (κ1) is 16.0. The molecule has 118 valence electrons. The molecular weight excluding hydrogens is 302 g/mol. The Labute approximate surface area is 129 Å². The van der Waals surface area contributed by atoms with Crippen molar-refractivity contribution in [1.82, 2.24) is 9.55 Å². The Morgan fingerprint density at radius 3 is 2.52 bits per heavy atom. The topological polar surface area (TPSA) is 125 Å². The van der Waals surface area contributed by atoms with Gasteiger partial charge in [0.25, 0.3) is 5.56 Å². The average Bonchev–Trinajstić information content (AvgIpc) is 2.51. The number of allylic oxidation sites excluding steroid dienone is 1. The molecule has 8 heteroatoms. The maximum absolute atomic E-state index is 11.8. The molecule has 0 spiro atoms. The fourth-order valence-corrected chi connectivity index (χ4v) is 1.82. The number of benzene rings is 1. The van der Waals surface area contributed by atoms with E-state index in [1.165, 1.54) is 30.3 Å².